The van der Waals surface area contributed by atoms with Gasteiger partial charge in [0, 0.05) is 27.8 Å². The molecule has 0 saturated carbocycles. The fourth-order valence-corrected chi connectivity index (χ4v) is 15.1. The lowest BCUT2D eigenvalue weighted by Gasteiger charge is -2.43. The maximum atomic E-state index is 7.38. The summed E-state index contributed by atoms with van der Waals surface area (Å²) in [5.41, 5.74) is 15.0. The Labute approximate surface area is 305 Å². The van der Waals surface area contributed by atoms with Crippen molar-refractivity contribution in [2.75, 3.05) is 0 Å². The van der Waals surface area contributed by atoms with Crippen molar-refractivity contribution in [2.24, 2.45) is 0 Å². The zero-order valence-corrected chi connectivity index (χ0v) is 30.3. The topological polar surface area (TPSA) is 19.1 Å². The minimum atomic E-state index is -2.36. The van der Waals surface area contributed by atoms with Crippen molar-refractivity contribution in [1.82, 2.24) is 9.13 Å². The third kappa shape index (κ3) is 3.67. The molecule has 5 heteroatoms. The summed E-state index contributed by atoms with van der Waals surface area (Å²) >= 11 is 0. The summed E-state index contributed by atoms with van der Waals surface area (Å²) in [6.45, 7) is 2.62. The first-order valence-electron chi connectivity index (χ1n) is 19.1. The summed E-state index contributed by atoms with van der Waals surface area (Å²) in [6, 6.07) is 50.6. The Balaban J connectivity index is 1.21. The van der Waals surface area contributed by atoms with E-state index in [1.54, 1.807) is 0 Å². The van der Waals surface area contributed by atoms with E-state index < -0.39 is 8.07 Å². The van der Waals surface area contributed by atoms with Crippen molar-refractivity contribution in [1.29, 1.82) is 0 Å². The highest BCUT2D eigenvalue weighted by Crippen LogP contribution is 2.42. The van der Waals surface area contributed by atoms with E-state index in [1.165, 1.54) is 100 Å². The quantitative estimate of drug-likeness (QED) is 0.193. The molecular weight excluding hydrogens is 647 g/mol. The Morgan fingerprint density at radius 2 is 1.21 bits per heavy atom. The molecule has 0 N–H and O–H groups in total. The summed E-state index contributed by atoms with van der Waals surface area (Å²) in [5.74, 6) is 2.01. The molecule has 248 valence electrons. The number of aromatic nitrogens is 2. The van der Waals surface area contributed by atoms with Crippen molar-refractivity contribution in [3.63, 3.8) is 0 Å². The number of fused-ring (bicyclic) bond motifs is 10. The van der Waals surface area contributed by atoms with Crippen LogP contribution in [0.2, 0.25) is 6.55 Å². The molecule has 52 heavy (non-hydrogen) atoms. The molecule has 3 nitrogen and oxygen atoms in total. The van der Waals surface area contributed by atoms with Gasteiger partial charge in [0.2, 0.25) is 0 Å². The molecule has 0 fully saturated rings. The standard InChI is InChI=1S/C47H37BN2OSi/c1-52(31-14-3-2-4-15-31)44-26-10-7-20-36(44)48-37-28-30(49-38-21-8-5-16-32(38)34-18-11-23-39(34)49)29-42(47(37)51-43-25-13-27-45(52)46(43)48)50-40-22-9-6-17-33(40)35-19-12-24-41(35)50/h2-10,13-17,20-22,25-29H,11-12,18-19,23-24H2,1H3. The smallest absolute Gasteiger partial charge is 0.250 e. The summed E-state index contributed by atoms with van der Waals surface area (Å²) in [5, 5.41) is 7.20. The van der Waals surface area contributed by atoms with Gasteiger partial charge in [-0.3, -0.25) is 0 Å². The largest absolute Gasteiger partial charge is 0.456 e. The normalized spacial score (nSPS) is 17.8. The second kappa shape index (κ2) is 10.5. The van der Waals surface area contributed by atoms with E-state index in [0.29, 0.717) is 0 Å². The SMILES string of the molecule is C[Si]1(c2ccccc2)c2ccccc2B2c3cc(-n4c5c(c6ccccc64)CCC5)cc(-n4c5c(c6ccccc64)CCC5)c3Oc3cccc1c32. The molecule has 1 unspecified atom stereocenters. The van der Waals surface area contributed by atoms with Crippen LogP contribution in [-0.4, -0.2) is 23.9 Å². The molecule has 2 aliphatic carbocycles. The first kappa shape index (κ1) is 29.1. The molecule has 4 aliphatic rings. The van der Waals surface area contributed by atoms with Gasteiger partial charge in [-0.15, -0.1) is 0 Å². The molecule has 0 amide bonds. The van der Waals surface area contributed by atoms with Crippen molar-refractivity contribution in [3.05, 3.63) is 156 Å². The minimum absolute atomic E-state index is 0.0684. The second-order valence-corrected chi connectivity index (χ2v) is 19.4. The Kier molecular flexibility index (Phi) is 5.89. The Morgan fingerprint density at radius 3 is 1.98 bits per heavy atom. The minimum Gasteiger partial charge on any atom is -0.456 e. The van der Waals surface area contributed by atoms with Crippen molar-refractivity contribution in [3.8, 4) is 22.9 Å². The predicted molar refractivity (Wildman–Crippen MR) is 219 cm³/mol. The van der Waals surface area contributed by atoms with Gasteiger partial charge in [0.1, 0.15) is 19.6 Å². The van der Waals surface area contributed by atoms with Gasteiger partial charge >= 0.3 is 0 Å². The van der Waals surface area contributed by atoms with Crippen LogP contribution in [0.25, 0.3) is 33.2 Å². The maximum Gasteiger partial charge on any atom is 0.250 e. The summed E-state index contributed by atoms with van der Waals surface area (Å²) in [4.78, 5) is 0. The van der Waals surface area contributed by atoms with Crippen LogP contribution in [0.15, 0.2) is 133 Å². The van der Waals surface area contributed by atoms with Gasteiger partial charge in [0.15, 0.2) is 0 Å². The van der Waals surface area contributed by atoms with E-state index in [-0.39, 0.29) is 6.71 Å². The van der Waals surface area contributed by atoms with Crippen molar-refractivity contribution in [2.45, 2.75) is 45.1 Å². The van der Waals surface area contributed by atoms with Crippen LogP contribution in [0.3, 0.4) is 0 Å². The number of benzene rings is 6. The molecule has 12 rings (SSSR count). The number of hydrogen-bond donors (Lipinski definition) is 0. The van der Waals surface area contributed by atoms with E-state index in [4.69, 9.17) is 4.74 Å². The molecule has 8 aromatic rings. The van der Waals surface area contributed by atoms with Crippen LogP contribution in [0, 0.1) is 0 Å². The number of hydrogen-bond acceptors (Lipinski definition) is 1. The lowest BCUT2D eigenvalue weighted by Crippen LogP contribution is -2.81. The zero-order valence-electron chi connectivity index (χ0n) is 29.3. The molecular formula is C47H37BN2OSi. The second-order valence-electron chi connectivity index (χ2n) is 15.5. The molecule has 0 spiro atoms. The van der Waals surface area contributed by atoms with E-state index in [0.717, 1.165) is 37.2 Å². The molecule has 2 aliphatic heterocycles. The maximum absolute atomic E-state index is 7.38. The van der Waals surface area contributed by atoms with Gasteiger partial charge in [-0.2, -0.15) is 0 Å². The van der Waals surface area contributed by atoms with E-state index in [2.05, 4.69) is 149 Å². The number of aryl methyl sites for hydroxylation is 2. The fraction of sp³-hybridized carbons (Fsp3) is 0.149. The van der Waals surface area contributed by atoms with Gasteiger partial charge in [0.25, 0.3) is 6.71 Å². The molecule has 0 bridgehead atoms. The summed E-state index contributed by atoms with van der Waals surface area (Å²) in [7, 11) is -2.36. The highest BCUT2D eigenvalue weighted by Gasteiger charge is 2.49. The van der Waals surface area contributed by atoms with E-state index in [9.17, 15) is 0 Å². The van der Waals surface area contributed by atoms with Crippen LogP contribution >= 0.6 is 0 Å². The Morgan fingerprint density at radius 1 is 0.577 bits per heavy atom. The van der Waals surface area contributed by atoms with Crippen LogP contribution in [0.5, 0.6) is 11.5 Å². The molecule has 4 heterocycles. The monoisotopic (exact) mass is 684 g/mol. The zero-order chi connectivity index (χ0) is 34.1. The number of ether oxygens (including phenoxy) is 1. The molecule has 6 aromatic carbocycles. The first-order valence-corrected chi connectivity index (χ1v) is 21.6. The lowest BCUT2D eigenvalue weighted by molar-refractivity contribution is 0.485. The van der Waals surface area contributed by atoms with Crippen LogP contribution in [0.4, 0.5) is 0 Å². The number of rotatable bonds is 3. The highest BCUT2D eigenvalue weighted by molar-refractivity contribution is 7.20. The highest BCUT2D eigenvalue weighted by atomic mass is 28.3. The van der Waals surface area contributed by atoms with Crippen LogP contribution < -0.4 is 36.7 Å². The van der Waals surface area contributed by atoms with Gasteiger partial charge < -0.3 is 13.9 Å². The molecule has 0 saturated heterocycles. The fourth-order valence-electron chi connectivity index (χ4n) is 10.9. The average Bonchev–Trinajstić information content (AvgIpc) is 3.99. The Hall–Kier alpha value is -5.52. The van der Waals surface area contributed by atoms with Crippen LogP contribution in [-0.2, 0) is 25.7 Å². The Bertz CT molecular complexity index is 2810. The molecule has 2 aromatic heterocycles. The third-order valence-corrected chi connectivity index (χ3v) is 17.6. The number of nitrogens with zero attached hydrogens (tertiary/aromatic N) is 2. The molecule has 0 radical (unpaired) electrons. The lowest BCUT2D eigenvalue weighted by atomic mass is 9.35. The average molecular weight is 685 g/mol. The van der Waals surface area contributed by atoms with Crippen molar-refractivity contribution < 1.29 is 4.74 Å². The van der Waals surface area contributed by atoms with E-state index in [1.807, 2.05) is 0 Å². The van der Waals surface area contributed by atoms with Gasteiger partial charge in [-0.05, 0) is 96.1 Å². The summed E-state index contributed by atoms with van der Waals surface area (Å²) < 4.78 is 12.6. The predicted octanol–water partition coefficient (Wildman–Crippen LogP) is 6.59. The third-order valence-electron chi connectivity index (χ3n) is 13.0. The number of para-hydroxylation sites is 2. The molecule has 1 atom stereocenters. The van der Waals surface area contributed by atoms with Gasteiger partial charge in [-0.25, -0.2) is 0 Å². The van der Waals surface area contributed by atoms with E-state index >= 15 is 0 Å². The van der Waals surface area contributed by atoms with Crippen molar-refractivity contribution >= 4 is 68.5 Å². The summed E-state index contributed by atoms with van der Waals surface area (Å²) in [6.07, 6.45) is 6.87. The first-order chi connectivity index (χ1) is 25.7. The van der Waals surface area contributed by atoms with Gasteiger partial charge in [-0.1, -0.05) is 126 Å². The van der Waals surface area contributed by atoms with Crippen LogP contribution in [0.1, 0.15) is 35.4 Å². The van der Waals surface area contributed by atoms with Gasteiger partial charge in [0.05, 0.1) is 16.7 Å².